The number of ether oxygens (including phenoxy) is 1. The van der Waals surface area contributed by atoms with Crippen molar-refractivity contribution < 1.29 is 34.2 Å². The first-order chi connectivity index (χ1) is 17.2. The third kappa shape index (κ3) is 5.36. The van der Waals surface area contributed by atoms with E-state index in [4.69, 9.17) is 26.0 Å². The summed E-state index contributed by atoms with van der Waals surface area (Å²) in [5, 5.41) is 37.0. The van der Waals surface area contributed by atoms with Gasteiger partial charge in [-0.2, -0.15) is 0 Å². The van der Waals surface area contributed by atoms with Crippen molar-refractivity contribution in [2.24, 2.45) is 0 Å². The van der Waals surface area contributed by atoms with Gasteiger partial charge in [0.15, 0.2) is 17.3 Å². The monoisotopic (exact) mass is 510 g/mol. The van der Waals surface area contributed by atoms with Crippen molar-refractivity contribution in [3.05, 3.63) is 76.5 Å². The Bertz CT molecular complexity index is 1380. The molecule has 36 heavy (non-hydrogen) atoms. The number of aliphatic carboxylic acids is 1. The number of amides is 1. The van der Waals surface area contributed by atoms with Gasteiger partial charge in [-0.05, 0) is 43.5 Å². The number of carboxylic acids is 1. The molecule has 0 saturated heterocycles. The predicted octanol–water partition coefficient (Wildman–Crippen LogP) is 6.29. The molecule has 4 N–H and O–H groups in total. The minimum absolute atomic E-state index is 0.0259. The number of nitrogens with one attached hydrogen (secondary N) is 1. The van der Waals surface area contributed by atoms with Crippen LogP contribution in [-0.2, 0) is 9.53 Å². The normalized spacial score (nSPS) is 13.9. The highest BCUT2D eigenvalue weighted by Gasteiger charge is 2.23. The first-order valence-corrected chi connectivity index (χ1v) is 11.4. The zero-order valence-corrected chi connectivity index (χ0v) is 20.0. The lowest BCUT2D eigenvalue weighted by molar-refractivity contribution is -0.136. The number of halogens is 1. The Hall–Kier alpha value is -4.24. The van der Waals surface area contributed by atoms with Gasteiger partial charge in [0.25, 0.3) is 0 Å². The second kappa shape index (κ2) is 10.6. The molecule has 0 spiro atoms. The van der Waals surface area contributed by atoms with Gasteiger partial charge >= 0.3 is 12.1 Å². The molecule has 0 bridgehead atoms. The fourth-order valence-electron chi connectivity index (χ4n) is 3.96. The van der Waals surface area contributed by atoms with Crippen molar-refractivity contribution in [3.8, 4) is 22.8 Å². The van der Waals surface area contributed by atoms with E-state index in [0.717, 1.165) is 11.1 Å². The summed E-state index contributed by atoms with van der Waals surface area (Å²) in [6, 6.07) is 10.1. The highest BCUT2D eigenvalue weighted by atomic mass is 35.5. The van der Waals surface area contributed by atoms with Gasteiger partial charge in [-0.3, -0.25) is 10.1 Å². The van der Waals surface area contributed by atoms with Crippen LogP contribution in [0.3, 0.4) is 0 Å². The van der Waals surface area contributed by atoms with E-state index in [9.17, 15) is 19.8 Å². The fourth-order valence-corrected chi connectivity index (χ4v) is 4.25. The summed E-state index contributed by atoms with van der Waals surface area (Å²) in [5.41, 5.74) is 2.81. The maximum absolute atomic E-state index is 12.5. The minimum Gasteiger partial charge on any atom is -0.504 e. The Kier molecular flexibility index (Phi) is 7.30. The molecule has 0 aliphatic heterocycles. The maximum Gasteiger partial charge on any atom is 0.412 e. The minimum atomic E-state index is -0.901. The smallest absolute Gasteiger partial charge is 0.412 e. The molecule has 1 heterocycles. The molecule has 1 aliphatic carbocycles. The van der Waals surface area contributed by atoms with Gasteiger partial charge in [-0.1, -0.05) is 52.7 Å². The molecular formula is C26H23ClN2O7. The fraction of sp³-hybridized carbons (Fsp3) is 0.192. The largest absolute Gasteiger partial charge is 0.504 e. The van der Waals surface area contributed by atoms with Crippen molar-refractivity contribution in [1.29, 1.82) is 0 Å². The average molecular weight is 511 g/mol. The second-order valence-corrected chi connectivity index (χ2v) is 8.62. The van der Waals surface area contributed by atoms with Crippen molar-refractivity contribution in [1.82, 2.24) is 5.16 Å². The molecule has 1 aliphatic rings. The third-order valence-electron chi connectivity index (χ3n) is 5.79. The summed E-state index contributed by atoms with van der Waals surface area (Å²) >= 11 is 6.16. The molecule has 1 amide bonds. The summed E-state index contributed by atoms with van der Waals surface area (Å²) in [7, 11) is 0. The number of hydrogen-bond acceptors (Lipinski definition) is 7. The van der Waals surface area contributed by atoms with Crippen LogP contribution in [0.5, 0.6) is 11.5 Å². The maximum atomic E-state index is 12.5. The van der Waals surface area contributed by atoms with Crippen LogP contribution in [0.15, 0.2) is 64.8 Å². The van der Waals surface area contributed by atoms with Crippen LogP contribution < -0.4 is 5.32 Å². The van der Waals surface area contributed by atoms with Crippen LogP contribution in [0.1, 0.15) is 43.4 Å². The average Bonchev–Trinajstić information content (AvgIpc) is 3.29. The number of anilines is 1. The molecule has 1 aromatic heterocycles. The van der Waals surface area contributed by atoms with Gasteiger partial charge in [-0.25, -0.2) is 4.79 Å². The van der Waals surface area contributed by atoms with Crippen LogP contribution in [0, 0.1) is 0 Å². The Labute approximate surface area is 211 Å². The highest BCUT2D eigenvalue weighted by molar-refractivity contribution is 6.31. The molecule has 186 valence electrons. The van der Waals surface area contributed by atoms with E-state index in [1.165, 1.54) is 12.3 Å². The second-order valence-electron chi connectivity index (χ2n) is 8.21. The van der Waals surface area contributed by atoms with Crippen LogP contribution in [-0.4, -0.2) is 32.5 Å². The van der Waals surface area contributed by atoms with E-state index in [1.807, 2.05) is 0 Å². The number of allylic oxidation sites excluding steroid dienone is 3. The van der Waals surface area contributed by atoms with Gasteiger partial charge in [-0.15, -0.1) is 0 Å². The number of aromatic nitrogens is 1. The van der Waals surface area contributed by atoms with Crippen molar-refractivity contribution >= 4 is 34.9 Å². The summed E-state index contributed by atoms with van der Waals surface area (Å²) in [4.78, 5) is 23.4. The Balaban J connectivity index is 1.52. The number of nitrogens with zero attached hydrogens (tertiary/aromatic N) is 1. The number of aromatic hydroxyl groups is 2. The lowest BCUT2D eigenvalue weighted by atomic mass is 9.90. The summed E-state index contributed by atoms with van der Waals surface area (Å²) in [6.07, 6.45) is 4.27. The zero-order chi connectivity index (χ0) is 25.8. The van der Waals surface area contributed by atoms with Crippen LogP contribution in [0.4, 0.5) is 10.5 Å². The Morgan fingerprint density at radius 1 is 1.11 bits per heavy atom. The Morgan fingerprint density at radius 3 is 2.53 bits per heavy atom. The summed E-state index contributed by atoms with van der Waals surface area (Å²) in [5.74, 6) is -1.70. The van der Waals surface area contributed by atoms with E-state index >= 15 is 0 Å². The number of hydrogen-bond donors (Lipinski definition) is 4. The number of phenolic OH excluding ortho intramolecular Hbond substituents is 2. The first kappa shape index (κ1) is 24.9. The number of phenols is 2. The third-order valence-corrected chi connectivity index (χ3v) is 6.13. The number of rotatable bonds is 7. The number of carbonyl (C=O) groups excluding carboxylic acids is 1. The van der Waals surface area contributed by atoms with Crippen molar-refractivity contribution in [2.75, 3.05) is 5.32 Å². The van der Waals surface area contributed by atoms with E-state index in [2.05, 4.69) is 10.5 Å². The van der Waals surface area contributed by atoms with Gasteiger partial charge < -0.3 is 24.6 Å². The van der Waals surface area contributed by atoms with E-state index in [0.29, 0.717) is 29.0 Å². The molecule has 3 aromatic rings. The van der Waals surface area contributed by atoms with Gasteiger partial charge in [0.05, 0.1) is 18.2 Å². The topological polar surface area (TPSA) is 142 Å². The molecule has 1 unspecified atom stereocenters. The molecule has 0 fully saturated rings. The van der Waals surface area contributed by atoms with Gasteiger partial charge in [0.2, 0.25) is 0 Å². The SMILES string of the molecule is CC(OC(=O)Nc1cnoc1-c1ccc(C2=CC=C(CC(=O)O)CC2)c(O)c1O)c1ccccc1Cl. The quantitative estimate of drug-likeness (QED) is 0.271. The van der Waals surface area contributed by atoms with Crippen molar-refractivity contribution in [3.63, 3.8) is 0 Å². The van der Waals surface area contributed by atoms with Gasteiger partial charge in [0.1, 0.15) is 11.8 Å². The van der Waals surface area contributed by atoms with E-state index in [-0.39, 0.29) is 29.2 Å². The molecule has 9 nitrogen and oxygen atoms in total. The lowest BCUT2D eigenvalue weighted by Crippen LogP contribution is -2.16. The van der Waals surface area contributed by atoms with E-state index < -0.39 is 23.9 Å². The molecule has 2 aromatic carbocycles. The highest BCUT2D eigenvalue weighted by Crippen LogP contribution is 2.45. The molecule has 0 saturated carbocycles. The molecule has 4 rings (SSSR count). The van der Waals surface area contributed by atoms with Crippen molar-refractivity contribution in [2.45, 2.75) is 32.3 Å². The number of carboxylic acid groups (broad SMARTS) is 1. The molecule has 10 heteroatoms. The van der Waals surface area contributed by atoms with E-state index in [1.54, 1.807) is 49.4 Å². The van der Waals surface area contributed by atoms with Crippen LogP contribution >= 0.6 is 11.6 Å². The molecule has 1 atom stereocenters. The summed E-state index contributed by atoms with van der Waals surface area (Å²) in [6.45, 7) is 1.68. The summed E-state index contributed by atoms with van der Waals surface area (Å²) < 4.78 is 10.6. The zero-order valence-electron chi connectivity index (χ0n) is 19.2. The number of carbonyl (C=O) groups is 2. The Morgan fingerprint density at radius 2 is 1.83 bits per heavy atom. The number of benzene rings is 2. The standard InChI is InChI=1S/C26H23ClN2O7/c1-14(17-4-2-3-5-20(17)27)35-26(34)29-21-13-28-36-25(21)19-11-10-18(23(32)24(19)33)16-8-6-15(7-9-16)12-22(30)31/h2-6,8,10-11,13-14,32-33H,7,9,12H2,1H3,(H,29,34)(H,30,31). The molecular weight excluding hydrogens is 488 g/mol. The predicted molar refractivity (Wildman–Crippen MR) is 133 cm³/mol. The van der Waals surface area contributed by atoms with Crippen LogP contribution in [0.2, 0.25) is 5.02 Å². The first-order valence-electron chi connectivity index (χ1n) is 11.1. The van der Waals surface area contributed by atoms with Crippen LogP contribution in [0.25, 0.3) is 16.9 Å². The molecule has 0 radical (unpaired) electrons. The van der Waals surface area contributed by atoms with Gasteiger partial charge in [0, 0.05) is 16.1 Å². The lowest BCUT2D eigenvalue weighted by Gasteiger charge is -2.17.